The van der Waals surface area contributed by atoms with Crippen LogP contribution in [-0.4, -0.2) is 25.7 Å². The van der Waals surface area contributed by atoms with Gasteiger partial charge in [-0.25, -0.2) is 0 Å². The second kappa shape index (κ2) is 7.28. The number of rotatable bonds is 8. The lowest BCUT2D eigenvalue weighted by Crippen LogP contribution is -2.46. The van der Waals surface area contributed by atoms with Crippen molar-refractivity contribution in [2.24, 2.45) is 16.2 Å². The van der Waals surface area contributed by atoms with Gasteiger partial charge in [-0.3, -0.25) is 4.79 Å². The number of nitrogens with zero attached hydrogens (tertiary/aromatic N) is 1. The molecule has 0 aromatic carbocycles. The monoisotopic (exact) mass is 306 g/mol. The molecule has 1 aliphatic carbocycles. The molecule has 0 amide bonds. The fourth-order valence-electron chi connectivity index (χ4n) is 3.91. The van der Waals surface area contributed by atoms with Crippen molar-refractivity contribution in [2.75, 3.05) is 19.7 Å². The quantitative estimate of drug-likeness (QED) is 0.551. The van der Waals surface area contributed by atoms with Gasteiger partial charge in [0, 0.05) is 6.54 Å². The lowest BCUT2D eigenvalue weighted by molar-refractivity contribution is -0.159. The smallest absolute Gasteiger partial charge is 0.327 e. The first kappa shape index (κ1) is 18.7. The van der Waals surface area contributed by atoms with Crippen molar-refractivity contribution in [1.82, 2.24) is 5.32 Å². The maximum atomic E-state index is 12.6. The molecule has 4 heteroatoms. The van der Waals surface area contributed by atoms with Crippen LogP contribution in [0.2, 0.25) is 0 Å². The van der Waals surface area contributed by atoms with Crippen LogP contribution in [0, 0.1) is 27.6 Å². The summed E-state index contributed by atoms with van der Waals surface area (Å²) < 4.78 is 5.25. The molecule has 3 unspecified atom stereocenters. The molecule has 0 spiro atoms. The molecule has 0 heterocycles. The highest BCUT2D eigenvalue weighted by molar-refractivity contribution is 5.81. The van der Waals surface area contributed by atoms with E-state index in [1.807, 2.05) is 0 Å². The van der Waals surface area contributed by atoms with Gasteiger partial charge in [0.15, 0.2) is 5.41 Å². The maximum absolute atomic E-state index is 12.6. The van der Waals surface area contributed by atoms with Gasteiger partial charge in [0.1, 0.15) is 0 Å². The average molecular weight is 306 g/mol. The van der Waals surface area contributed by atoms with Gasteiger partial charge in [0.05, 0.1) is 12.7 Å². The Hall–Kier alpha value is -1.34. The number of allylic oxidation sites excluding steroid dienone is 1. The first-order valence-corrected chi connectivity index (χ1v) is 8.23. The summed E-state index contributed by atoms with van der Waals surface area (Å²) in [4.78, 5) is 12.6. The van der Waals surface area contributed by atoms with Gasteiger partial charge in [-0.2, -0.15) is 5.26 Å². The van der Waals surface area contributed by atoms with Crippen molar-refractivity contribution >= 4 is 5.97 Å². The van der Waals surface area contributed by atoms with E-state index in [2.05, 4.69) is 38.7 Å². The summed E-state index contributed by atoms with van der Waals surface area (Å²) in [6, 6.07) is 2.31. The lowest BCUT2D eigenvalue weighted by Gasteiger charge is -2.40. The molecule has 1 rings (SSSR count). The second-order valence-corrected chi connectivity index (χ2v) is 7.06. The molecule has 0 aromatic rings. The minimum absolute atomic E-state index is 0.112. The molecule has 1 fully saturated rings. The Morgan fingerprint density at radius 2 is 2.14 bits per heavy atom. The molecule has 4 nitrogen and oxygen atoms in total. The maximum Gasteiger partial charge on any atom is 0.327 e. The van der Waals surface area contributed by atoms with Gasteiger partial charge in [-0.1, -0.05) is 26.8 Å². The standard InChI is InChI=1S/C18H30N2O2/c1-6-9-18(13-19,15(21)22-8-3)17(5)11-10-16(4,12-17)14-20-7-2/h6,20H,1,7-12,14H2,2-5H3. The van der Waals surface area contributed by atoms with Gasteiger partial charge in [-0.05, 0) is 50.0 Å². The Balaban J connectivity index is 3.12. The van der Waals surface area contributed by atoms with Crippen LogP contribution in [-0.2, 0) is 9.53 Å². The minimum atomic E-state index is -1.13. The summed E-state index contributed by atoms with van der Waals surface area (Å²) in [6.07, 6.45) is 4.72. The van der Waals surface area contributed by atoms with Gasteiger partial charge in [0.25, 0.3) is 0 Å². The molecule has 1 aliphatic rings. The molecule has 0 aromatic heterocycles. The predicted molar refractivity (Wildman–Crippen MR) is 88.1 cm³/mol. The topological polar surface area (TPSA) is 62.1 Å². The SMILES string of the molecule is C=CCC(C#N)(C(=O)OCC)C1(C)CCC(C)(CNCC)C1. The van der Waals surface area contributed by atoms with Crippen LogP contribution in [0.25, 0.3) is 0 Å². The minimum Gasteiger partial charge on any atom is -0.465 e. The Morgan fingerprint density at radius 1 is 1.45 bits per heavy atom. The zero-order valence-corrected chi connectivity index (χ0v) is 14.5. The third-order valence-corrected chi connectivity index (χ3v) is 5.19. The first-order valence-electron chi connectivity index (χ1n) is 8.23. The van der Waals surface area contributed by atoms with Crippen LogP contribution in [0.1, 0.15) is 53.4 Å². The Kier molecular flexibility index (Phi) is 6.19. The third-order valence-electron chi connectivity index (χ3n) is 5.19. The summed E-state index contributed by atoms with van der Waals surface area (Å²) in [5.74, 6) is -0.396. The molecule has 22 heavy (non-hydrogen) atoms. The van der Waals surface area contributed by atoms with Crippen LogP contribution in [0.5, 0.6) is 0 Å². The van der Waals surface area contributed by atoms with E-state index in [0.29, 0.717) is 13.0 Å². The van der Waals surface area contributed by atoms with E-state index in [4.69, 9.17) is 4.74 Å². The van der Waals surface area contributed by atoms with Crippen LogP contribution in [0.4, 0.5) is 0 Å². The molecule has 0 bridgehead atoms. The summed E-state index contributed by atoms with van der Waals surface area (Å²) >= 11 is 0. The Labute approximate surface area is 134 Å². The van der Waals surface area contributed by atoms with E-state index in [9.17, 15) is 10.1 Å². The molecule has 1 N–H and O–H groups in total. The lowest BCUT2D eigenvalue weighted by atomic mass is 9.61. The molecular formula is C18H30N2O2. The second-order valence-electron chi connectivity index (χ2n) is 7.06. The number of hydrogen-bond acceptors (Lipinski definition) is 4. The molecule has 0 aliphatic heterocycles. The first-order chi connectivity index (χ1) is 10.3. The molecule has 0 radical (unpaired) electrons. The van der Waals surface area contributed by atoms with E-state index >= 15 is 0 Å². The molecule has 124 valence electrons. The molecule has 3 atom stereocenters. The Bertz CT molecular complexity index is 456. The number of esters is 1. The predicted octanol–water partition coefficient (Wildman–Crippen LogP) is 3.44. The van der Waals surface area contributed by atoms with E-state index < -0.39 is 11.4 Å². The summed E-state index contributed by atoms with van der Waals surface area (Å²) in [5.41, 5.74) is -1.40. The van der Waals surface area contributed by atoms with Gasteiger partial charge < -0.3 is 10.1 Å². The van der Waals surface area contributed by atoms with Crippen LogP contribution in [0.15, 0.2) is 12.7 Å². The van der Waals surface area contributed by atoms with Crippen molar-refractivity contribution in [1.29, 1.82) is 5.26 Å². The largest absolute Gasteiger partial charge is 0.465 e. The van der Waals surface area contributed by atoms with E-state index in [1.165, 1.54) is 0 Å². The highest BCUT2D eigenvalue weighted by Crippen LogP contribution is 2.59. The highest BCUT2D eigenvalue weighted by atomic mass is 16.5. The summed E-state index contributed by atoms with van der Waals surface area (Å²) in [5, 5.41) is 13.3. The van der Waals surface area contributed by atoms with Crippen molar-refractivity contribution < 1.29 is 9.53 Å². The normalized spacial score (nSPS) is 30.3. The number of ether oxygens (including phenoxy) is 1. The van der Waals surface area contributed by atoms with E-state index in [-0.39, 0.29) is 10.8 Å². The molecule has 1 saturated carbocycles. The van der Waals surface area contributed by atoms with Crippen LogP contribution < -0.4 is 5.32 Å². The number of nitrogens with one attached hydrogen (secondary N) is 1. The average Bonchev–Trinajstić information content (AvgIpc) is 2.80. The van der Waals surface area contributed by atoms with Gasteiger partial charge in [-0.15, -0.1) is 6.58 Å². The zero-order chi connectivity index (χ0) is 16.9. The fraction of sp³-hybridized carbons (Fsp3) is 0.778. The van der Waals surface area contributed by atoms with E-state index in [1.54, 1.807) is 13.0 Å². The fourth-order valence-corrected chi connectivity index (χ4v) is 3.91. The summed E-state index contributed by atoms with van der Waals surface area (Å²) in [7, 11) is 0. The van der Waals surface area contributed by atoms with Crippen molar-refractivity contribution in [2.45, 2.75) is 53.4 Å². The number of carbonyl (C=O) groups is 1. The molecule has 0 saturated heterocycles. The van der Waals surface area contributed by atoms with Crippen LogP contribution in [0.3, 0.4) is 0 Å². The van der Waals surface area contributed by atoms with Gasteiger partial charge in [0.2, 0.25) is 0 Å². The van der Waals surface area contributed by atoms with Crippen molar-refractivity contribution in [3.63, 3.8) is 0 Å². The zero-order valence-electron chi connectivity index (χ0n) is 14.5. The number of hydrogen-bond donors (Lipinski definition) is 1. The van der Waals surface area contributed by atoms with Crippen molar-refractivity contribution in [3.8, 4) is 6.07 Å². The molecular weight excluding hydrogens is 276 g/mol. The van der Waals surface area contributed by atoms with Crippen molar-refractivity contribution in [3.05, 3.63) is 12.7 Å². The summed E-state index contributed by atoms with van der Waals surface area (Å²) in [6.45, 7) is 14.1. The van der Waals surface area contributed by atoms with Gasteiger partial charge >= 0.3 is 5.97 Å². The number of carbonyl (C=O) groups excluding carboxylic acids is 1. The highest BCUT2D eigenvalue weighted by Gasteiger charge is 2.59. The Morgan fingerprint density at radius 3 is 2.64 bits per heavy atom. The third kappa shape index (κ3) is 3.35. The number of nitriles is 1. The van der Waals surface area contributed by atoms with E-state index in [0.717, 1.165) is 32.4 Å². The van der Waals surface area contributed by atoms with Crippen LogP contribution >= 0.6 is 0 Å².